The summed E-state index contributed by atoms with van der Waals surface area (Å²) in [5, 5.41) is 4.91. The van der Waals surface area contributed by atoms with Crippen LogP contribution in [0.3, 0.4) is 0 Å². The van der Waals surface area contributed by atoms with Gasteiger partial charge in [-0.15, -0.1) is 11.3 Å². The van der Waals surface area contributed by atoms with Crippen LogP contribution >= 0.6 is 11.3 Å². The van der Waals surface area contributed by atoms with Crippen molar-refractivity contribution in [2.75, 3.05) is 6.61 Å². The first-order chi connectivity index (χ1) is 10.4. The van der Waals surface area contributed by atoms with Gasteiger partial charge in [0.25, 0.3) is 0 Å². The summed E-state index contributed by atoms with van der Waals surface area (Å²) in [6.07, 6.45) is 5.65. The molecule has 1 aliphatic rings. The Kier molecular flexibility index (Phi) is 5.81. The first-order valence-electron chi connectivity index (χ1n) is 7.97. The Hall–Kier alpha value is -1.14. The summed E-state index contributed by atoms with van der Waals surface area (Å²) in [6.45, 7) is 9.92. The predicted molar refractivity (Wildman–Crippen MR) is 88.9 cm³/mol. The minimum atomic E-state index is -0.275. The number of hydrogen-bond acceptors (Lipinski definition) is 3. The van der Waals surface area contributed by atoms with Crippen molar-refractivity contribution in [3.8, 4) is 0 Å². The maximum absolute atomic E-state index is 12.1. The molecule has 0 radical (unpaired) electrons. The van der Waals surface area contributed by atoms with E-state index in [1.54, 1.807) is 0 Å². The minimum Gasteiger partial charge on any atom is -0.376 e. The standard InChI is InChI=1S/C16H27N3O2S/c1-12(16(2,3)4)17-14(20)18-15-19(8-10-22-15)11-13-7-5-6-9-21-13/h8,10,12-13H,5-7,9,11H2,1-4H3,(H,17,20)/b18-15-/t12-,13?/m0/s1. The molecule has 1 saturated heterocycles. The largest absolute Gasteiger partial charge is 0.376 e. The molecule has 1 aliphatic heterocycles. The van der Waals surface area contributed by atoms with Crippen LogP contribution in [0, 0.1) is 5.41 Å². The summed E-state index contributed by atoms with van der Waals surface area (Å²) in [5.74, 6) is 0. The molecule has 2 amide bonds. The normalized spacial score (nSPS) is 21.6. The van der Waals surface area contributed by atoms with Gasteiger partial charge in [0.2, 0.25) is 0 Å². The van der Waals surface area contributed by atoms with Crippen molar-refractivity contribution in [1.82, 2.24) is 9.88 Å². The third kappa shape index (κ3) is 4.95. The average molecular weight is 325 g/mol. The number of rotatable bonds is 3. The Labute approximate surface area is 136 Å². The average Bonchev–Trinajstić information content (AvgIpc) is 2.86. The molecule has 1 N–H and O–H groups in total. The van der Waals surface area contributed by atoms with Crippen LogP contribution in [0.5, 0.6) is 0 Å². The highest BCUT2D eigenvalue weighted by atomic mass is 32.1. The molecule has 2 heterocycles. The number of thiazole rings is 1. The number of carbonyl (C=O) groups excluding carboxylic acids is 1. The lowest BCUT2D eigenvalue weighted by molar-refractivity contribution is 0.00557. The molecule has 124 valence electrons. The number of nitrogens with zero attached hydrogens (tertiary/aromatic N) is 2. The molecular weight excluding hydrogens is 298 g/mol. The molecule has 1 aromatic heterocycles. The molecule has 0 bridgehead atoms. The third-order valence-electron chi connectivity index (χ3n) is 4.17. The topological polar surface area (TPSA) is 55.6 Å². The Morgan fingerprint density at radius 1 is 1.55 bits per heavy atom. The van der Waals surface area contributed by atoms with Crippen molar-refractivity contribution >= 4 is 17.4 Å². The molecule has 0 spiro atoms. The second kappa shape index (κ2) is 7.42. The highest BCUT2D eigenvalue weighted by Crippen LogP contribution is 2.18. The predicted octanol–water partition coefficient (Wildman–Crippen LogP) is 3.16. The van der Waals surface area contributed by atoms with Gasteiger partial charge in [-0.05, 0) is 31.6 Å². The molecule has 0 aliphatic carbocycles. The molecule has 0 saturated carbocycles. The van der Waals surface area contributed by atoms with Crippen LogP contribution in [-0.2, 0) is 11.3 Å². The van der Waals surface area contributed by atoms with Crippen molar-refractivity contribution in [2.24, 2.45) is 10.4 Å². The van der Waals surface area contributed by atoms with Crippen molar-refractivity contribution in [1.29, 1.82) is 0 Å². The number of urea groups is 1. The van der Waals surface area contributed by atoms with Gasteiger partial charge in [-0.25, -0.2) is 4.79 Å². The minimum absolute atomic E-state index is 0.0204. The van der Waals surface area contributed by atoms with Gasteiger partial charge in [0.05, 0.1) is 12.6 Å². The highest BCUT2D eigenvalue weighted by molar-refractivity contribution is 7.07. The van der Waals surface area contributed by atoms with Gasteiger partial charge in [0.15, 0.2) is 4.80 Å². The second-order valence-electron chi connectivity index (χ2n) is 6.98. The van der Waals surface area contributed by atoms with E-state index in [9.17, 15) is 4.79 Å². The van der Waals surface area contributed by atoms with E-state index in [2.05, 4.69) is 31.1 Å². The Bertz CT molecular complexity index is 550. The number of nitrogens with one attached hydrogen (secondary N) is 1. The van der Waals surface area contributed by atoms with E-state index in [4.69, 9.17) is 4.74 Å². The maximum Gasteiger partial charge on any atom is 0.343 e. The summed E-state index contributed by atoms with van der Waals surface area (Å²) < 4.78 is 7.78. The molecule has 5 nitrogen and oxygen atoms in total. The van der Waals surface area contributed by atoms with Gasteiger partial charge >= 0.3 is 6.03 Å². The van der Waals surface area contributed by atoms with Crippen molar-refractivity contribution in [2.45, 2.75) is 65.6 Å². The van der Waals surface area contributed by atoms with E-state index >= 15 is 0 Å². The third-order valence-corrected chi connectivity index (χ3v) is 4.96. The number of amides is 2. The van der Waals surface area contributed by atoms with E-state index in [-0.39, 0.29) is 23.6 Å². The van der Waals surface area contributed by atoms with E-state index in [0.29, 0.717) is 0 Å². The highest BCUT2D eigenvalue weighted by Gasteiger charge is 2.21. The number of carbonyl (C=O) groups is 1. The van der Waals surface area contributed by atoms with Gasteiger partial charge in [-0.1, -0.05) is 20.8 Å². The molecule has 2 rings (SSSR count). The summed E-state index contributed by atoms with van der Waals surface area (Å²) in [6, 6.07) is -0.206. The first kappa shape index (κ1) is 17.2. The van der Waals surface area contributed by atoms with E-state index < -0.39 is 0 Å². The molecule has 1 aromatic rings. The number of aromatic nitrogens is 1. The lowest BCUT2D eigenvalue weighted by Crippen LogP contribution is -2.41. The summed E-state index contributed by atoms with van der Waals surface area (Å²) in [5.41, 5.74) is 0.0204. The molecule has 6 heteroatoms. The van der Waals surface area contributed by atoms with Crippen molar-refractivity contribution in [3.63, 3.8) is 0 Å². The van der Waals surface area contributed by atoms with E-state index in [1.807, 2.05) is 23.1 Å². The summed E-state index contributed by atoms with van der Waals surface area (Å²) >= 11 is 1.48. The van der Waals surface area contributed by atoms with Crippen molar-refractivity contribution in [3.05, 3.63) is 16.4 Å². The van der Waals surface area contributed by atoms with Crippen LogP contribution in [-0.4, -0.2) is 29.4 Å². The second-order valence-corrected chi connectivity index (χ2v) is 7.85. The quantitative estimate of drug-likeness (QED) is 0.928. The fourth-order valence-electron chi connectivity index (χ4n) is 2.22. The van der Waals surface area contributed by atoms with E-state index in [0.717, 1.165) is 30.8 Å². The van der Waals surface area contributed by atoms with Crippen LogP contribution < -0.4 is 10.1 Å². The molecule has 22 heavy (non-hydrogen) atoms. The molecular formula is C16H27N3O2S. The molecule has 2 atom stereocenters. The SMILES string of the molecule is C[C@H](NC(=O)/N=c1\sccn1CC1CCCCO1)C(C)(C)C. The monoisotopic (exact) mass is 325 g/mol. The summed E-state index contributed by atoms with van der Waals surface area (Å²) in [7, 11) is 0. The van der Waals surface area contributed by atoms with Gasteiger partial charge in [-0.2, -0.15) is 4.99 Å². The zero-order chi connectivity index (χ0) is 16.2. The van der Waals surface area contributed by atoms with Crippen molar-refractivity contribution < 1.29 is 9.53 Å². The summed E-state index contributed by atoms with van der Waals surface area (Å²) in [4.78, 5) is 17.0. The van der Waals surface area contributed by atoms with Crippen LogP contribution in [0.1, 0.15) is 47.0 Å². The Morgan fingerprint density at radius 2 is 2.32 bits per heavy atom. The van der Waals surface area contributed by atoms with Crippen LogP contribution in [0.25, 0.3) is 0 Å². The Morgan fingerprint density at radius 3 is 2.95 bits per heavy atom. The van der Waals surface area contributed by atoms with Crippen LogP contribution in [0.4, 0.5) is 4.79 Å². The number of ether oxygens (including phenoxy) is 1. The zero-order valence-corrected chi connectivity index (χ0v) is 14.8. The van der Waals surface area contributed by atoms with Gasteiger partial charge in [-0.3, -0.25) is 0 Å². The van der Waals surface area contributed by atoms with Crippen LogP contribution in [0.2, 0.25) is 0 Å². The van der Waals surface area contributed by atoms with Gasteiger partial charge < -0.3 is 14.6 Å². The fourth-order valence-corrected chi connectivity index (χ4v) is 2.95. The lowest BCUT2D eigenvalue weighted by atomic mass is 9.88. The first-order valence-corrected chi connectivity index (χ1v) is 8.85. The molecule has 1 unspecified atom stereocenters. The number of hydrogen-bond donors (Lipinski definition) is 1. The molecule has 1 fully saturated rings. The molecule has 0 aromatic carbocycles. The van der Waals surface area contributed by atoms with Gasteiger partial charge in [0.1, 0.15) is 0 Å². The zero-order valence-electron chi connectivity index (χ0n) is 14.0. The van der Waals surface area contributed by atoms with Crippen LogP contribution in [0.15, 0.2) is 16.6 Å². The van der Waals surface area contributed by atoms with E-state index in [1.165, 1.54) is 17.8 Å². The van der Waals surface area contributed by atoms with Gasteiger partial charge in [0, 0.05) is 24.2 Å². The Balaban J connectivity index is 2.02. The lowest BCUT2D eigenvalue weighted by Gasteiger charge is -2.27. The smallest absolute Gasteiger partial charge is 0.343 e. The maximum atomic E-state index is 12.1. The fraction of sp³-hybridized carbons (Fsp3) is 0.750.